The predicted molar refractivity (Wildman–Crippen MR) is 116 cm³/mol. The maximum absolute atomic E-state index is 13.1. The Morgan fingerprint density at radius 3 is 2.24 bits per heavy atom. The van der Waals surface area contributed by atoms with E-state index in [1.165, 1.54) is 0 Å². The lowest BCUT2D eigenvalue weighted by Gasteiger charge is -2.32. The van der Waals surface area contributed by atoms with Crippen LogP contribution < -0.4 is 10.0 Å². The van der Waals surface area contributed by atoms with Gasteiger partial charge in [-0.2, -0.15) is 13.2 Å². The predicted octanol–water partition coefficient (Wildman–Crippen LogP) is 1.63. The number of halogens is 3. The lowest BCUT2D eigenvalue weighted by Crippen LogP contribution is -2.42. The zero-order chi connectivity index (χ0) is 24.4. The second kappa shape index (κ2) is 9.88. The summed E-state index contributed by atoms with van der Waals surface area (Å²) in [6, 6.07) is 2.12. The average molecular weight is 512 g/mol. The van der Waals surface area contributed by atoms with E-state index in [0.717, 1.165) is 25.2 Å². The molecule has 0 spiro atoms. The van der Waals surface area contributed by atoms with Gasteiger partial charge in [0, 0.05) is 31.5 Å². The molecule has 186 valence electrons. The molecule has 2 aliphatic rings. The minimum absolute atomic E-state index is 0.119. The minimum atomic E-state index is -4.78. The monoisotopic (exact) mass is 511 g/mol. The van der Waals surface area contributed by atoms with Gasteiger partial charge in [0.25, 0.3) is 5.91 Å². The van der Waals surface area contributed by atoms with Crippen LogP contribution in [0.3, 0.4) is 0 Å². The number of sulfonamides is 1. The van der Waals surface area contributed by atoms with Crippen LogP contribution in [0.1, 0.15) is 41.6 Å². The van der Waals surface area contributed by atoms with E-state index in [1.54, 1.807) is 0 Å². The summed E-state index contributed by atoms with van der Waals surface area (Å²) < 4.78 is 89.2. The molecule has 2 fully saturated rings. The first-order chi connectivity index (χ1) is 15.3. The molecule has 1 heterocycles. The number of nitrogens with zero attached hydrogens (tertiary/aromatic N) is 1. The van der Waals surface area contributed by atoms with Crippen molar-refractivity contribution in [1.29, 1.82) is 0 Å². The molecule has 0 unspecified atom stereocenters. The molecule has 3 rings (SSSR count). The topological polar surface area (TPSA) is 113 Å². The van der Waals surface area contributed by atoms with Crippen LogP contribution in [0.15, 0.2) is 23.1 Å². The van der Waals surface area contributed by atoms with E-state index >= 15 is 0 Å². The van der Waals surface area contributed by atoms with E-state index in [-0.39, 0.29) is 23.3 Å². The summed E-state index contributed by atoms with van der Waals surface area (Å²) in [5.74, 6) is -0.642. The van der Waals surface area contributed by atoms with Crippen LogP contribution >= 0.6 is 0 Å². The highest BCUT2D eigenvalue weighted by molar-refractivity contribution is 7.90. The summed E-state index contributed by atoms with van der Waals surface area (Å²) in [6.07, 6.45) is -1.09. The highest BCUT2D eigenvalue weighted by Gasteiger charge is 2.35. The molecule has 1 saturated carbocycles. The quantitative estimate of drug-likeness (QED) is 0.521. The molecule has 1 aromatic rings. The minimum Gasteiger partial charge on any atom is -0.352 e. The zero-order valence-corrected chi connectivity index (χ0v) is 19.8. The summed E-state index contributed by atoms with van der Waals surface area (Å²) in [7, 11) is -7.13. The SMILES string of the molecule is CS(=O)(=O)c1cc(C(=O)NCC2CCN(CCNS(=O)(=O)C3CC3)CC2)cc(C(F)(F)F)c1. The summed E-state index contributed by atoms with van der Waals surface area (Å²) >= 11 is 0. The van der Waals surface area contributed by atoms with Crippen molar-refractivity contribution < 1.29 is 34.8 Å². The normalized spacial score (nSPS) is 18.9. The van der Waals surface area contributed by atoms with Crippen LogP contribution in [-0.2, 0) is 26.0 Å². The van der Waals surface area contributed by atoms with Crippen LogP contribution in [0.2, 0.25) is 0 Å². The first kappa shape index (κ1) is 25.9. The number of benzene rings is 1. The van der Waals surface area contributed by atoms with Gasteiger partial charge in [0.05, 0.1) is 15.7 Å². The lowest BCUT2D eigenvalue weighted by molar-refractivity contribution is -0.137. The summed E-state index contributed by atoms with van der Waals surface area (Å²) in [6.45, 7) is 2.62. The third-order valence-electron chi connectivity index (χ3n) is 5.88. The van der Waals surface area contributed by atoms with Crippen molar-refractivity contribution in [3.05, 3.63) is 29.3 Å². The Hall–Kier alpha value is -1.70. The van der Waals surface area contributed by atoms with Crippen molar-refractivity contribution in [3.8, 4) is 0 Å². The molecule has 1 aromatic carbocycles. The molecule has 0 radical (unpaired) electrons. The van der Waals surface area contributed by atoms with Gasteiger partial charge >= 0.3 is 6.18 Å². The molecule has 0 bridgehead atoms. The van der Waals surface area contributed by atoms with Gasteiger partial charge in [-0.15, -0.1) is 0 Å². The van der Waals surface area contributed by atoms with Gasteiger partial charge in [-0.25, -0.2) is 21.6 Å². The van der Waals surface area contributed by atoms with Gasteiger partial charge in [0.15, 0.2) is 9.84 Å². The van der Waals surface area contributed by atoms with Gasteiger partial charge in [-0.05, 0) is 62.9 Å². The molecule has 1 amide bonds. The van der Waals surface area contributed by atoms with Crippen LogP contribution in [0.25, 0.3) is 0 Å². The lowest BCUT2D eigenvalue weighted by atomic mass is 9.96. The fraction of sp³-hybridized carbons (Fsp3) is 0.650. The number of carbonyl (C=O) groups is 1. The van der Waals surface area contributed by atoms with E-state index < -0.39 is 42.4 Å². The number of sulfone groups is 1. The van der Waals surface area contributed by atoms with Gasteiger partial charge < -0.3 is 10.2 Å². The number of rotatable bonds is 9. The van der Waals surface area contributed by atoms with Gasteiger partial charge in [-0.1, -0.05) is 0 Å². The Balaban J connectivity index is 1.49. The Labute approximate surface area is 191 Å². The summed E-state index contributed by atoms with van der Waals surface area (Å²) in [4.78, 5) is 14.0. The summed E-state index contributed by atoms with van der Waals surface area (Å²) in [5.41, 5.74) is -1.55. The van der Waals surface area contributed by atoms with Crippen LogP contribution in [-0.4, -0.2) is 71.9 Å². The fourth-order valence-corrected chi connectivity index (χ4v) is 5.75. The Morgan fingerprint density at radius 1 is 1.06 bits per heavy atom. The molecule has 0 aromatic heterocycles. The van der Waals surface area contributed by atoms with Crippen molar-refractivity contribution >= 4 is 25.8 Å². The molecule has 13 heteroatoms. The standard InChI is InChI=1S/C20H28F3N3O5S2/c1-32(28,29)18-11-15(10-16(12-18)20(21,22)23)19(27)24-13-14-4-7-26(8-5-14)9-6-25-33(30,31)17-2-3-17/h10-12,14,17,25H,2-9,13H2,1H3,(H,24,27). The van der Waals surface area contributed by atoms with E-state index in [1.807, 2.05) is 0 Å². The van der Waals surface area contributed by atoms with Crippen LogP contribution in [0.4, 0.5) is 13.2 Å². The van der Waals surface area contributed by atoms with Gasteiger partial charge in [-0.3, -0.25) is 4.79 Å². The number of amides is 1. The second-order valence-corrected chi connectivity index (χ2v) is 12.7. The Kier molecular flexibility index (Phi) is 7.76. The molecule has 1 saturated heterocycles. The smallest absolute Gasteiger partial charge is 0.352 e. The molecular weight excluding hydrogens is 483 g/mol. The molecule has 1 aliphatic heterocycles. The Morgan fingerprint density at radius 2 is 1.70 bits per heavy atom. The van der Waals surface area contributed by atoms with Crippen molar-refractivity contribution in [1.82, 2.24) is 14.9 Å². The molecule has 2 N–H and O–H groups in total. The second-order valence-electron chi connectivity index (χ2n) is 8.65. The summed E-state index contributed by atoms with van der Waals surface area (Å²) in [5, 5.41) is 2.36. The first-order valence-electron chi connectivity index (χ1n) is 10.7. The van der Waals surface area contributed by atoms with E-state index in [9.17, 15) is 34.8 Å². The number of hydrogen-bond acceptors (Lipinski definition) is 6. The Bertz CT molecular complexity index is 1080. The highest BCUT2D eigenvalue weighted by Crippen LogP contribution is 2.32. The van der Waals surface area contributed by atoms with Crippen molar-refractivity contribution in [2.24, 2.45) is 5.92 Å². The highest BCUT2D eigenvalue weighted by atomic mass is 32.2. The average Bonchev–Trinajstić information content (AvgIpc) is 3.57. The van der Waals surface area contributed by atoms with Crippen molar-refractivity contribution in [3.63, 3.8) is 0 Å². The van der Waals surface area contributed by atoms with Crippen molar-refractivity contribution in [2.45, 2.75) is 42.0 Å². The van der Waals surface area contributed by atoms with Crippen LogP contribution in [0, 0.1) is 5.92 Å². The van der Waals surface area contributed by atoms with Gasteiger partial charge in [0.1, 0.15) is 0 Å². The van der Waals surface area contributed by atoms with E-state index in [4.69, 9.17) is 0 Å². The number of hydrogen-bond donors (Lipinski definition) is 2. The van der Waals surface area contributed by atoms with E-state index in [2.05, 4.69) is 14.9 Å². The number of nitrogens with one attached hydrogen (secondary N) is 2. The number of likely N-dealkylation sites (tertiary alicyclic amines) is 1. The fourth-order valence-electron chi connectivity index (χ4n) is 3.70. The van der Waals surface area contributed by atoms with Crippen LogP contribution in [0.5, 0.6) is 0 Å². The number of alkyl halides is 3. The van der Waals surface area contributed by atoms with E-state index in [0.29, 0.717) is 51.2 Å². The number of carbonyl (C=O) groups excluding carboxylic acids is 1. The first-order valence-corrected chi connectivity index (χ1v) is 14.1. The molecule has 1 aliphatic carbocycles. The largest absolute Gasteiger partial charge is 0.416 e. The maximum Gasteiger partial charge on any atom is 0.416 e. The third kappa shape index (κ3) is 7.39. The zero-order valence-electron chi connectivity index (χ0n) is 18.2. The third-order valence-corrected chi connectivity index (χ3v) is 8.92. The molecule has 0 atom stereocenters. The molecule has 33 heavy (non-hydrogen) atoms. The van der Waals surface area contributed by atoms with Crippen molar-refractivity contribution in [2.75, 3.05) is 39.0 Å². The number of piperidine rings is 1. The molecule has 8 nitrogen and oxygen atoms in total. The maximum atomic E-state index is 13.1. The molecular formula is C20H28F3N3O5S2. The van der Waals surface area contributed by atoms with Gasteiger partial charge in [0.2, 0.25) is 10.0 Å².